The minimum atomic E-state index is -0.875. The fourth-order valence-corrected chi connectivity index (χ4v) is 1.48. The minimum absolute atomic E-state index is 0.278. The van der Waals surface area contributed by atoms with Gasteiger partial charge in [-0.15, -0.1) is 0 Å². The highest BCUT2D eigenvalue weighted by molar-refractivity contribution is 6.02. The predicted octanol–water partition coefficient (Wildman–Crippen LogP) is 1.97. The lowest BCUT2D eigenvalue weighted by molar-refractivity contribution is 0.0977. The molecular weight excluding hydrogens is 214 g/mol. The number of Topliss-reactive ketones (excluding diaryl/α,β-unsaturated/α-hetero) is 1. The van der Waals surface area contributed by atoms with Gasteiger partial charge in [0, 0.05) is 24.2 Å². The van der Waals surface area contributed by atoms with Gasteiger partial charge in [0.25, 0.3) is 0 Å². The zero-order chi connectivity index (χ0) is 12.1. The molecule has 4 nitrogen and oxygen atoms in total. The molecule has 0 bridgehead atoms. The number of nitriles is 1. The molecule has 2 aromatic heterocycles. The Kier molecular flexibility index (Phi) is 3.22. The van der Waals surface area contributed by atoms with Crippen LogP contribution in [0.1, 0.15) is 22.0 Å². The summed E-state index contributed by atoms with van der Waals surface area (Å²) >= 11 is 0. The van der Waals surface area contributed by atoms with E-state index in [2.05, 4.69) is 9.97 Å². The van der Waals surface area contributed by atoms with E-state index in [1.54, 1.807) is 42.7 Å². The minimum Gasteiger partial charge on any atom is -0.292 e. The van der Waals surface area contributed by atoms with E-state index in [0.717, 1.165) is 0 Å². The van der Waals surface area contributed by atoms with Gasteiger partial charge < -0.3 is 0 Å². The van der Waals surface area contributed by atoms with Crippen molar-refractivity contribution in [3.8, 4) is 6.07 Å². The zero-order valence-electron chi connectivity index (χ0n) is 8.95. The average Bonchev–Trinajstić information content (AvgIpc) is 2.42. The third-order valence-corrected chi connectivity index (χ3v) is 2.32. The van der Waals surface area contributed by atoms with E-state index in [1.165, 1.54) is 6.20 Å². The van der Waals surface area contributed by atoms with E-state index in [9.17, 15) is 4.79 Å². The standard InChI is InChI=1S/C13H9N3O/c14-8-11(12-5-1-2-7-16-12)13(17)10-4-3-6-15-9-10/h1-7,9,11H/t11-/m1/s1. The largest absolute Gasteiger partial charge is 0.292 e. The topological polar surface area (TPSA) is 66.6 Å². The molecule has 0 N–H and O–H groups in total. The van der Waals surface area contributed by atoms with E-state index < -0.39 is 5.92 Å². The fraction of sp³-hybridized carbons (Fsp3) is 0.0769. The summed E-state index contributed by atoms with van der Waals surface area (Å²) in [4.78, 5) is 20.0. The first kappa shape index (κ1) is 11.0. The Labute approximate surface area is 98.6 Å². The molecule has 1 atom stereocenters. The first-order valence-electron chi connectivity index (χ1n) is 5.07. The van der Waals surface area contributed by atoms with Gasteiger partial charge in [0.05, 0.1) is 11.8 Å². The summed E-state index contributed by atoms with van der Waals surface area (Å²) in [5, 5.41) is 9.08. The summed E-state index contributed by atoms with van der Waals surface area (Å²) < 4.78 is 0. The van der Waals surface area contributed by atoms with Crippen LogP contribution in [0.15, 0.2) is 48.9 Å². The quantitative estimate of drug-likeness (QED) is 0.746. The van der Waals surface area contributed by atoms with Crippen molar-refractivity contribution in [1.82, 2.24) is 9.97 Å². The van der Waals surface area contributed by atoms with Crippen LogP contribution in [0.25, 0.3) is 0 Å². The summed E-state index contributed by atoms with van der Waals surface area (Å²) in [6, 6.07) is 10.4. The molecule has 0 aliphatic carbocycles. The summed E-state index contributed by atoms with van der Waals surface area (Å²) in [5.41, 5.74) is 0.883. The van der Waals surface area contributed by atoms with Gasteiger partial charge in [-0.3, -0.25) is 14.8 Å². The van der Waals surface area contributed by atoms with Gasteiger partial charge in [-0.2, -0.15) is 5.26 Å². The molecule has 0 radical (unpaired) electrons. The summed E-state index contributed by atoms with van der Waals surface area (Å²) in [6.45, 7) is 0. The molecule has 2 rings (SSSR count). The molecule has 0 fully saturated rings. The summed E-state index contributed by atoms with van der Waals surface area (Å²) in [6.07, 6.45) is 4.60. The number of aromatic nitrogens is 2. The molecule has 0 spiro atoms. The molecule has 0 saturated carbocycles. The van der Waals surface area contributed by atoms with Crippen LogP contribution in [0, 0.1) is 11.3 Å². The molecule has 0 aliphatic heterocycles. The SMILES string of the molecule is N#C[C@@H](C(=O)c1cccnc1)c1ccccn1. The molecule has 82 valence electrons. The highest BCUT2D eigenvalue weighted by Crippen LogP contribution is 2.17. The second-order valence-corrected chi connectivity index (χ2v) is 3.42. The highest BCUT2D eigenvalue weighted by atomic mass is 16.1. The Morgan fingerprint density at radius 3 is 2.71 bits per heavy atom. The van der Waals surface area contributed by atoms with Gasteiger partial charge in [-0.25, -0.2) is 0 Å². The van der Waals surface area contributed by atoms with Gasteiger partial charge in [0.1, 0.15) is 0 Å². The number of carbonyl (C=O) groups excluding carboxylic acids is 1. The van der Waals surface area contributed by atoms with Crippen LogP contribution in [0.3, 0.4) is 0 Å². The number of nitrogens with zero attached hydrogens (tertiary/aromatic N) is 3. The summed E-state index contributed by atoms with van der Waals surface area (Å²) in [5.74, 6) is -1.15. The molecule has 0 aliphatic rings. The van der Waals surface area contributed by atoms with Gasteiger partial charge in [0.15, 0.2) is 11.7 Å². The van der Waals surface area contributed by atoms with Crippen LogP contribution in [0.4, 0.5) is 0 Å². The maximum Gasteiger partial charge on any atom is 0.187 e. The first-order chi connectivity index (χ1) is 8.33. The number of pyridine rings is 2. The molecule has 2 heterocycles. The number of ketones is 1. The third-order valence-electron chi connectivity index (χ3n) is 2.32. The van der Waals surface area contributed by atoms with Crippen LogP contribution in [-0.4, -0.2) is 15.8 Å². The highest BCUT2D eigenvalue weighted by Gasteiger charge is 2.22. The van der Waals surface area contributed by atoms with Crippen LogP contribution in [0.2, 0.25) is 0 Å². The molecular formula is C13H9N3O. The monoisotopic (exact) mass is 223 g/mol. The van der Waals surface area contributed by atoms with Crippen molar-refractivity contribution >= 4 is 5.78 Å². The van der Waals surface area contributed by atoms with Crippen LogP contribution in [-0.2, 0) is 0 Å². The van der Waals surface area contributed by atoms with Gasteiger partial charge in [-0.05, 0) is 24.3 Å². The van der Waals surface area contributed by atoms with Crippen molar-refractivity contribution in [2.24, 2.45) is 0 Å². The number of hydrogen-bond donors (Lipinski definition) is 0. The van der Waals surface area contributed by atoms with E-state index in [1.807, 2.05) is 6.07 Å². The van der Waals surface area contributed by atoms with Crippen molar-refractivity contribution in [2.75, 3.05) is 0 Å². The first-order valence-corrected chi connectivity index (χ1v) is 5.07. The molecule has 4 heteroatoms. The van der Waals surface area contributed by atoms with Crippen molar-refractivity contribution < 1.29 is 4.79 Å². The van der Waals surface area contributed by atoms with Gasteiger partial charge in [-0.1, -0.05) is 6.07 Å². The zero-order valence-corrected chi connectivity index (χ0v) is 8.95. The van der Waals surface area contributed by atoms with Crippen molar-refractivity contribution in [2.45, 2.75) is 5.92 Å². The predicted molar refractivity (Wildman–Crippen MR) is 61.2 cm³/mol. The maximum atomic E-state index is 12.1. The van der Waals surface area contributed by atoms with Crippen LogP contribution >= 0.6 is 0 Å². The lowest BCUT2D eigenvalue weighted by Gasteiger charge is -2.06. The Hall–Kier alpha value is -2.54. The van der Waals surface area contributed by atoms with Gasteiger partial charge in [0.2, 0.25) is 0 Å². The Balaban J connectivity index is 2.33. The number of carbonyl (C=O) groups is 1. The normalized spacial score (nSPS) is 11.5. The number of rotatable bonds is 3. The van der Waals surface area contributed by atoms with Crippen molar-refractivity contribution in [3.63, 3.8) is 0 Å². The van der Waals surface area contributed by atoms with E-state index in [4.69, 9.17) is 5.26 Å². The Morgan fingerprint density at radius 1 is 1.24 bits per heavy atom. The molecule has 0 saturated heterocycles. The van der Waals surface area contributed by atoms with Crippen LogP contribution < -0.4 is 0 Å². The molecule has 2 aromatic rings. The van der Waals surface area contributed by atoms with E-state index >= 15 is 0 Å². The molecule has 0 amide bonds. The second kappa shape index (κ2) is 4.99. The number of hydrogen-bond acceptors (Lipinski definition) is 4. The van der Waals surface area contributed by atoms with E-state index in [-0.39, 0.29) is 5.78 Å². The summed E-state index contributed by atoms with van der Waals surface area (Å²) in [7, 11) is 0. The fourth-order valence-electron chi connectivity index (χ4n) is 1.48. The second-order valence-electron chi connectivity index (χ2n) is 3.42. The third kappa shape index (κ3) is 2.34. The molecule has 0 aromatic carbocycles. The smallest absolute Gasteiger partial charge is 0.187 e. The average molecular weight is 223 g/mol. The van der Waals surface area contributed by atoms with Crippen molar-refractivity contribution in [1.29, 1.82) is 5.26 Å². The maximum absolute atomic E-state index is 12.1. The Morgan fingerprint density at radius 2 is 2.12 bits per heavy atom. The van der Waals surface area contributed by atoms with Gasteiger partial charge >= 0.3 is 0 Å². The van der Waals surface area contributed by atoms with Crippen molar-refractivity contribution in [3.05, 3.63) is 60.2 Å². The lowest BCUT2D eigenvalue weighted by atomic mass is 9.96. The lowest BCUT2D eigenvalue weighted by Crippen LogP contribution is -2.12. The van der Waals surface area contributed by atoms with Crippen LogP contribution in [0.5, 0.6) is 0 Å². The Bertz CT molecular complexity index is 546. The van der Waals surface area contributed by atoms with E-state index in [0.29, 0.717) is 11.3 Å². The molecule has 0 unspecified atom stereocenters. The molecule has 17 heavy (non-hydrogen) atoms.